The first-order valence-corrected chi connectivity index (χ1v) is 6.22. The summed E-state index contributed by atoms with van der Waals surface area (Å²) in [5, 5.41) is 3.47. The van der Waals surface area contributed by atoms with Crippen molar-refractivity contribution in [2.24, 2.45) is 5.92 Å². The zero-order valence-electron chi connectivity index (χ0n) is 9.41. The maximum absolute atomic E-state index is 12.4. The van der Waals surface area contributed by atoms with Gasteiger partial charge in [-0.1, -0.05) is 24.3 Å². The molecule has 0 amide bonds. The fourth-order valence-corrected chi connectivity index (χ4v) is 3.06. The lowest BCUT2D eigenvalue weighted by atomic mass is 9.78. The van der Waals surface area contributed by atoms with Crippen LogP contribution in [0.15, 0.2) is 24.3 Å². The van der Waals surface area contributed by atoms with E-state index in [1.807, 2.05) is 18.2 Å². The van der Waals surface area contributed by atoms with Crippen LogP contribution in [0.4, 0.5) is 0 Å². The molecule has 1 fully saturated rings. The van der Waals surface area contributed by atoms with Crippen molar-refractivity contribution in [3.8, 4) is 0 Å². The number of aryl methyl sites for hydroxylation is 1. The van der Waals surface area contributed by atoms with Crippen LogP contribution < -0.4 is 5.32 Å². The summed E-state index contributed by atoms with van der Waals surface area (Å²) in [6, 6.07) is 8.51. The predicted molar refractivity (Wildman–Crippen MR) is 63.6 cm³/mol. The van der Waals surface area contributed by atoms with Crippen LogP contribution in [0.25, 0.3) is 0 Å². The molecule has 0 radical (unpaired) electrons. The van der Waals surface area contributed by atoms with Gasteiger partial charge in [0.05, 0.1) is 0 Å². The van der Waals surface area contributed by atoms with E-state index in [0.717, 1.165) is 24.9 Å². The topological polar surface area (TPSA) is 29.1 Å². The Bertz CT molecular complexity index is 407. The lowest BCUT2D eigenvalue weighted by molar-refractivity contribution is 0.0874. The molecular formula is C14H17NO. The number of ketones is 1. The number of hydrogen-bond donors (Lipinski definition) is 1. The summed E-state index contributed by atoms with van der Waals surface area (Å²) in [4.78, 5) is 12.4. The van der Waals surface area contributed by atoms with Crippen LogP contribution in [0.2, 0.25) is 0 Å². The Hall–Kier alpha value is -1.15. The van der Waals surface area contributed by atoms with Crippen LogP contribution in [0.5, 0.6) is 0 Å². The SMILES string of the molecule is O=C1c2ccccc2CC[C@@H]1[C@H]1CCCN1. The van der Waals surface area contributed by atoms with E-state index in [9.17, 15) is 4.79 Å². The van der Waals surface area contributed by atoms with Gasteiger partial charge in [0.25, 0.3) is 0 Å². The second-order valence-corrected chi connectivity index (χ2v) is 4.87. The van der Waals surface area contributed by atoms with Gasteiger partial charge in [-0.15, -0.1) is 0 Å². The molecule has 0 spiro atoms. The highest BCUT2D eigenvalue weighted by molar-refractivity contribution is 6.00. The highest BCUT2D eigenvalue weighted by Crippen LogP contribution is 2.30. The molecule has 2 heteroatoms. The Morgan fingerprint density at radius 2 is 2.06 bits per heavy atom. The third-order valence-electron chi connectivity index (χ3n) is 3.93. The van der Waals surface area contributed by atoms with Crippen LogP contribution in [-0.2, 0) is 6.42 Å². The van der Waals surface area contributed by atoms with Gasteiger partial charge in [-0.2, -0.15) is 0 Å². The second-order valence-electron chi connectivity index (χ2n) is 4.87. The van der Waals surface area contributed by atoms with Crippen molar-refractivity contribution in [3.63, 3.8) is 0 Å². The van der Waals surface area contributed by atoms with Gasteiger partial charge in [-0.05, 0) is 37.8 Å². The summed E-state index contributed by atoms with van der Waals surface area (Å²) in [7, 11) is 0. The molecule has 1 heterocycles. The molecular weight excluding hydrogens is 198 g/mol. The molecule has 1 aliphatic carbocycles. The van der Waals surface area contributed by atoms with E-state index in [1.54, 1.807) is 0 Å². The van der Waals surface area contributed by atoms with E-state index in [2.05, 4.69) is 11.4 Å². The zero-order chi connectivity index (χ0) is 11.0. The van der Waals surface area contributed by atoms with Gasteiger partial charge >= 0.3 is 0 Å². The predicted octanol–water partition coefficient (Wildman–Crippen LogP) is 2.18. The van der Waals surface area contributed by atoms with Crippen molar-refractivity contribution < 1.29 is 4.79 Å². The number of carbonyl (C=O) groups excluding carboxylic acids is 1. The van der Waals surface area contributed by atoms with Crippen molar-refractivity contribution in [3.05, 3.63) is 35.4 Å². The quantitative estimate of drug-likeness (QED) is 0.778. The highest BCUT2D eigenvalue weighted by atomic mass is 16.1. The Morgan fingerprint density at radius 3 is 2.88 bits per heavy atom. The van der Waals surface area contributed by atoms with Crippen LogP contribution in [0.3, 0.4) is 0 Å². The molecule has 2 aliphatic rings. The molecule has 2 nitrogen and oxygen atoms in total. The van der Waals surface area contributed by atoms with Gasteiger partial charge in [0.1, 0.15) is 0 Å². The summed E-state index contributed by atoms with van der Waals surface area (Å²) < 4.78 is 0. The number of hydrogen-bond acceptors (Lipinski definition) is 2. The first kappa shape index (κ1) is 10.0. The molecule has 84 valence electrons. The fraction of sp³-hybridized carbons (Fsp3) is 0.500. The van der Waals surface area contributed by atoms with Crippen molar-refractivity contribution >= 4 is 5.78 Å². The van der Waals surface area contributed by atoms with E-state index < -0.39 is 0 Å². The van der Waals surface area contributed by atoms with Crippen molar-refractivity contribution in [1.29, 1.82) is 0 Å². The monoisotopic (exact) mass is 215 g/mol. The average molecular weight is 215 g/mol. The molecule has 1 aromatic carbocycles. The standard InChI is InChI=1S/C14H17NO/c16-14-11-5-2-1-4-10(11)7-8-12(14)13-6-3-9-15-13/h1-2,4-5,12-13,15H,3,6-9H2/t12-,13-/m1/s1. The molecule has 1 saturated heterocycles. The van der Waals surface area contributed by atoms with E-state index in [4.69, 9.17) is 0 Å². The van der Waals surface area contributed by atoms with Crippen molar-refractivity contribution in [2.75, 3.05) is 6.54 Å². The van der Waals surface area contributed by atoms with E-state index in [-0.39, 0.29) is 5.92 Å². The molecule has 16 heavy (non-hydrogen) atoms. The smallest absolute Gasteiger partial charge is 0.167 e. The van der Waals surface area contributed by atoms with Crippen LogP contribution in [-0.4, -0.2) is 18.4 Å². The van der Waals surface area contributed by atoms with E-state index >= 15 is 0 Å². The fourth-order valence-electron chi connectivity index (χ4n) is 3.06. The second kappa shape index (κ2) is 4.02. The first-order valence-electron chi connectivity index (χ1n) is 6.22. The number of fused-ring (bicyclic) bond motifs is 1. The third kappa shape index (κ3) is 1.57. The minimum atomic E-state index is 0.220. The minimum Gasteiger partial charge on any atom is -0.313 e. The average Bonchev–Trinajstić information content (AvgIpc) is 2.83. The number of nitrogens with one attached hydrogen (secondary N) is 1. The minimum absolute atomic E-state index is 0.220. The number of carbonyl (C=O) groups is 1. The molecule has 3 rings (SSSR count). The lowest BCUT2D eigenvalue weighted by Crippen LogP contribution is -2.38. The van der Waals surface area contributed by atoms with Crippen LogP contribution >= 0.6 is 0 Å². The summed E-state index contributed by atoms with van der Waals surface area (Å²) in [5.74, 6) is 0.582. The molecule has 1 N–H and O–H groups in total. The van der Waals surface area contributed by atoms with Crippen molar-refractivity contribution in [1.82, 2.24) is 5.32 Å². The maximum atomic E-state index is 12.4. The summed E-state index contributed by atoms with van der Waals surface area (Å²) in [5.41, 5.74) is 2.20. The molecule has 2 atom stereocenters. The molecule has 0 unspecified atom stereocenters. The highest BCUT2D eigenvalue weighted by Gasteiger charge is 2.34. The van der Waals surface area contributed by atoms with Gasteiger partial charge in [0.2, 0.25) is 0 Å². The van der Waals surface area contributed by atoms with Gasteiger partial charge in [0, 0.05) is 17.5 Å². The van der Waals surface area contributed by atoms with Gasteiger partial charge < -0.3 is 5.32 Å². The van der Waals surface area contributed by atoms with E-state index in [0.29, 0.717) is 11.8 Å². The number of Topliss-reactive ketones (excluding diaryl/α,β-unsaturated/α-hetero) is 1. The zero-order valence-corrected chi connectivity index (χ0v) is 9.41. The molecule has 1 aromatic rings. The normalized spacial score (nSPS) is 29.1. The maximum Gasteiger partial charge on any atom is 0.167 e. The molecule has 0 saturated carbocycles. The largest absolute Gasteiger partial charge is 0.313 e. The van der Waals surface area contributed by atoms with E-state index in [1.165, 1.54) is 18.4 Å². The van der Waals surface area contributed by atoms with Crippen LogP contribution in [0, 0.1) is 5.92 Å². The summed E-state index contributed by atoms with van der Waals surface area (Å²) >= 11 is 0. The van der Waals surface area contributed by atoms with Gasteiger partial charge in [-0.3, -0.25) is 4.79 Å². The van der Waals surface area contributed by atoms with Gasteiger partial charge in [-0.25, -0.2) is 0 Å². The Labute approximate surface area is 96.1 Å². The number of rotatable bonds is 1. The molecule has 1 aliphatic heterocycles. The molecule has 0 aromatic heterocycles. The third-order valence-corrected chi connectivity index (χ3v) is 3.93. The Balaban J connectivity index is 1.88. The Kier molecular flexibility index (Phi) is 2.52. The number of benzene rings is 1. The Morgan fingerprint density at radius 1 is 1.19 bits per heavy atom. The summed E-state index contributed by atoms with van der Waals surface area (Å²) in [6.45, 7) is 1.08. The van der Waals surface area contributed by atoms with Crippen LogP contribution in [0.1, 0.15) is 35.2 Å². The van der Waals surface area contributed by atoms with Crippen molar-refractivity contribution in [2.45, 2.75) is 31.7 Å². The van der Waals surface area contributed by atoms with Gasteiger partial charge in [0.15, 0.2) is 5.78 Å². The molecule has 0 bridgehead atoms. The lowest BCUT2D eigenvalue weighted by Gasteiger charge is -2.27. The first-order chi connectivity index (χ1) is 7.86. The summed E-state index contributed by atoms with van der Waals surface area (Å²) in [6.07, 6.45) is 4.47.